The Labute approximate surface area is 342 Å². The molecule has 3 amide bonds. The number of aliphatic hydroxyl groups excluding tert-OH is 1. The van der Waals surface area contributed by atoms with Crippen molar-refractivity contribution in [3.63, 3.8) is 0 Å². The van der Waals surface area contributed by atoms with Crippen molar-refractivity contribution in [3.05, 3.63) is 119 Å². The molecule has 3 heterocycles. The van der Waals surface area contributed by atoms with Crippen LogP contribution in [0.5, 0.6) is 5.75 Å². The molecule has 4 aromatic carbocycles. The minimum absolute atomic E-state index is 0.0516. The first-order valence-electron chi connectivity index (χ1n) is 20.2. The smallest absolute Gasteiger partial charge is 0.264 e. The van der Waals surface area contributed by atoms with Gasteiger partial charge in [0.05, 0.1) is 46.5 Å². The molecule has 1 spiro atoms. The molecular weight excluding hydrogens is 754 g/mol. The normalized spacial score (nSPS) is 22.4. The van der Waals surface area contributed by atoms with E-state index in [9.17, 15) is 14.7 Å². The van der Waals surface area contributed by atoms with Crippen LogP contribution in [0.15, 0.2) is 97.1 Å². The molecule has 0 aliphatic carbocycles. The zero-order chi connectivity index (χ0) is 40.3. The van der Waals surface area contributed by atoms with Gasteiger partial charge in [0, 0.05) is 48.2 Å². The fourth-order valence-electron chi connectivity index (χ4n) is 9.56. The molecule has 3 aliphatic rings. The second-order valence-corrected chi connectivity index (χ2v) is 21.4. The lowest BCUT2D eigenvalue weighted by Gasteiger charge is -2.37. The van der Waals surface area contributed by atoms with E-state index in [1.54, 1.807) is 23.0 Å². The Bertz CT molecular complexity index is 2060. The lowest BCUT2D eigenvalue weighted by molar-refractivity contribution is -0.150. The van der Waals surface area contributed by atoms with Crippen molar-refractivity contribution in [1.82, 2.24) is 4.90 Å². The van der Waals surface area contributed by atoms with Crippen LogP contribution in [0.25, 0.3) is 0 Å². The van der Waals surface area contributed by atoms with Gasteiger partial charge < -0.3 is 29.3 Å². The number of carbonyl (C=O) groups excluding carboxylic acids is 3. The van der Waals surface area contributed by atoms with Gasteiger partial charge in [0.1, 0.15) is 5.75 Å². The molecule has 0 radical (unpaired) electrons. The minimum Gasteiger partial charge on any atom is -0.497 e. The number of amides is 3. The third-order valence-electron chi connectivity index (χ3n) is 12.5. The summed E-state index contributed by atoms with van der Waals surface area (Å²) in [6, 6.07) is 31.4. The summed E-state index contributed by atoms with van der Waals surface area (Å²) >= 11 is 6.73. The number of halogens is 1. The van der Waals surface area contributed by atoms with Gasteiger partial charge >= 0.3 is 0 Å². The third kappa shape index (κ3) is 8.02. The Kier molecular flexibility index (Phi) is 12.3. The number of rotatable bonds is 12. The lowest BCUT2D eigenvalue weighted by atomic mass is 9.82. The minimum atomic E-state index is -2.53. The maximum Gasteiger partial charge on any atom is 0.264 e. The zero-order valence-electron chi connectivity index (χ0n) is 33.5. The molecule has 4 aromatic rings. The number of ether oxygens (including phenoxy) is 2. The van der Waals surface area contributed by atoms with Gasteiger partial charge in [0.25, 0.3) is 5.91 Å². The van der Waals surface area contributed by atoms with Crippen molar-refractivity contribution in [2.75, 3.05) is 36.6 Å². The predicted octanol–water partition coefficient (Wildman–Crippen LogP) is 7.82. The van der Waals surface area contributed by atoms with Crippen molar-refractivity contribution in [1.29, 1.82) is 0 Å². The number of carbonyl (C=O) groups is 3. The van der Waals surface area contributed by atoms with Gasteiger partial charge in [-0.2, -0.15) is 0 Å². The van der Waals surface area contributed by atoms with Crippen LogP contribution in [0.1, 0.15) is 62.1 Å². The van der Waals surface area contributed by atoms with Crippen LogP contribution >= 0.6 is 11.6 Å². The summed E-state index contributed by atoms with van der Waals surface area (Å²) < 4.78 is 12.7. The van der Waals surface area contributed by atoms with E-state index in [1.807, 2.05) is 83.8 Å². The molecule has 9 nitrogen and oxygen atoms in total. The Balaban J connectivity index is 1.24. The topological polar surface area (TPSA) is 99.6 Å². The first kappa shape index (κ1) is 40.7. The molecule has 0 unspecified atom stereocenters. The highest BCUT2D eigenvalue weighted by atomic mass is 35.5. The van der Waals surface area contributed by atoms with Crippen LogP contribution in [0, 0.1) is 5.92 Å². The van der Waals surface area contributed by atoms with E-state index in [-0.39, 0.29) is 48.8 Å². The molecule has 0 aromatic heterocycles. The summed E-state index contributed by atoms with van der Waals surface area (Å²) in [5.74, 6) is 0.273. The van der Waals surface area contributed by atoms with Crippen LogP contribution in [0.4, 0.5) is 11.4 Å². The number of hydrogen-bond donors (Lipinski definition) is 1. The molecule has 4 atom stereocenters. The Morgan fingerprint density at radius 2 is 1.67 bits per heavy atom. The predicted molar refractivity (Wildman–Crippen MR) is 228 cm³/mol. The maximum absolute atomic E-state index is 15.3. The molecule has 2 fully saturated rings. The fourth-order valence-corrected chi connectivity index (χ4v) is 13.7. The molecule has 3 aliphatic heterocycles. The van der Waals surface area contributed by atoms with Crippen LogP contribution in [-0.2, 0) is 37.8 Å². The standard InChI is InChI=1S/C46H54ClN3O6Si/c1-32-44(57(3,4)38-22-20-37(55-2)21-23-38)41(29-43(53)48(26-27-51)30-33-12-8-7-9-13-33)56-46(32)39-28-35(47)17-24-40(39)50(45(46)54)31-34-15-18-36(19-16-34)49-25-11-6-5-10-14-42(49)52/h7-9,12-13,15-24,28,32,41,44,51H,5-6,10-11,14,25-27,29-31H2,1-4H3/t32-,41+,44-,46+/m1/s1. The van der Waals surface area contributed by atoms with Crippen molar-refractivity contribution in [2.24, 2.45) is 5.92 Å². The SMILES string of the molecule is COc1ccc([Si](C)(C)[C@H]2[C@H](CC(=O)N(CCO)Cc3ccccc3)O[C@@]3(C(=O)N(Cc4ccc(N5CCCCCCC5=O)cc4)c4ccc(Cl)cc43)[C@@H]2C)cc1. The lowest BCUT2D eigenvalue weighted by Crippen LogP contribution is -2.52. The van der Waals surface area contributed by atoms with E-state index in [0.717, 1.165) is 53.9 Å². The average Bonchev–Trinajstić information content (AvgIpc) is 3.62. The zero-order valence-corrected chi connectivity index (χ0v) is 35.2. The van der Waals surface area contributed by atoms with Gasteiger partial charge in [0.15, 0.2) is 5.60 Å². The van der Waals surface area contributed by atoms with Gasteiger partial charge in [-0.3, -0.25) is 14.4 Å². The Morgan fingerprint density at radius 1 is 0.947 bits per heavy atom. The van der Waals surface area contributed by atoms with Gasteiger partial charge in [-0.1, -0.05) is 104 Å². The molecule has 1 N–H and O–H groups in total. The molecule has 2 saturated heterocycles. The van der Waals surface area contributed by atoms with Crippen molar-refractivity contribution in [2.45, 2.75) is 88.9 Å². The Hall–Kier alpha value is -4.48. The van der Waals surface area contributed by atoms with E-state index < -0.39 is 19.8 Å². The van der Waals surface area contributed by atoms with E-state index in [1.165, 1.54) is 5.19 Å². The molecule has 11 heteroatoms. The summed E-state index contributed by atoms with van der Waals surface area (Å²) in [7, 11) is -0.880. The van der Waals surface area contributed by atoms with E-state index >= 15 is 4.79 Å². The summed E-state index contributed by atoms with van der Waals surface area (Å²) in [5, 5.41) is 11.7. The monoisotopic (exact) mass is 807 g/mol. The second-order valence-electron chi connectivity index (χ2n) is 16.3. The van der Waals surface area contributed by atoms with Gasteiger partial charge in [-0.05, 0) is 72.0 Å². The van der Waals surface area contributed by atoms with Gasteiger partial charge in [-0.25, -0.2) is 0 Å². The quantitative estimate of drug-likeness (QED) is 0.147. The van der Waals surface area contributed by atoms with Crippen molar-refractivity contribution in [3.8, 4) is 5.75 Å². The molecule has 0 saturated carbocycles. The van der Waals surface area contributed by atoms with E-state index in [2.05, 4.69) is 32.2 Å². The highest BCUT2D eigenvalue weighted by Crippen LogP contribution is 2.60. The second kappa shape index (κ2) is 17.2. The molecular formula is C46H54ClN3O6Si. The number of nitrogens with zero attached hydrogens (tertiary/aromatic N) is 3. The fraction of sp³-hybridized carbons (Fsp3) is 0.413. The number of anilines is 2. The maximum atomic E-state index is 15.3. The van der Waals surface area contributed by atoms with Crippen LogP contribution in [0.3, 0.4) is 0 Å². The summed E-state index contributed by atoms with van der Waals surface area (Å²) in [6.45, 7) is 8.06. The first-order chi connectivity index (χ1) is 27.5. The molecule has 57 heavy (non-hydrogen) atoms. The number of hydrogen-bond acceptors (Lipinski definition) is 6. The summed E-state index contributed by atoms with van der Waals surface area (Å²) in [4.78, 5) is 48.1. The number of benzene rings is 4. The third-order valence-corrected chi connectivity index (χ3v) is 17.1. The molecule has 0 bridgehead atoms. The number of aliphatic hydroxyl groups is 1. The Morgan fingerprint density at radius 3 is 2.37 bits per heavy atom. The van der Waals surface area contributed by atoms with E-state index in [0.29, 0.717) is 36.6 Å². The van der Waals surface area contributed by atoms with E-state index in [4.69, 9.17) is 21.1 Å². The average molecular weight is 808 g/mol. The highest BCUT2D eigenvalue weighted by Gasteiger charge is 2.66. The van der Waals surface area contributed by atoms with Gasteiger partial charge in [-0.15, -0.1) is 0 Å². The van der Waals surface area contributed by atoms with Crippen LogP contribution in [0.2, 0.25) is 23.7 Å². The van der Waals surface area contributed by atoms with Crippen LogP contribution < -0.4 is 19.7 Å². The molecule has 7 rings (SSSR count). The van der Waals surface area contributed by atoms with Gasteiger partial charge in [0.2, 0.25) is 11.8 Å². The number of methoxy groups -OCH3 is 1. The summed E-state index contributed by atoms with van der Waals surface area (Å²) in [5.41, 5.74) is 2.67. The van der Waals surface area contributed by atoms with Crippen molar-refractivity contribution < 1.29 is 29.0 Å². The van der Waals surface area contributed by atoms with Crippen molar-refractivity contribution >= 4 is 54.0 Å². The number of fused-ring (bicyclic) bond motifs is 2. The summed E-state index contributed by atoms with van der Waals surface area (Å²) in [6.07, 6.45) is 4.12. The molecule has 300 valence electrons. The van der Waals surface area contributed by atoms with Crippen LogP contribution in [-0.4, -0.2) is 68.7 Å². The first-order valence-corrected chi connectivity index (χ1v) is 23.7. The largest absolute Gasteiger partial charge is 0.497 e. The highest BCUT2D eigenvalue weighted by molar-refractivity contribution is 6.91.